The maximum atomic E-state index is 4.00. The van der Waals surface area contributed by atoms with E-state index in [1.165, 1.54) is 5.56 Å². The molecule has 0 aliphatic carbocycles. The molecule has 1 aromatic heterocycles. The molecule has 0 N–H and O–H groups in total. The van der Waals surface area contributed by atoms with E-state index in [1.807, 2.05) is 55.8 Å². The molecular weight excluding hydrogens is 184 g/mol. The van der Waals surface area contributed by atoms with Crippen molar-refractivity contribution in [2.24, 2.45) is 0 Å². The Morgan fingerprint density at radius 1 is 1.20 bits per heavy atom. The molecule has 2 heteroatoms. The number of hydrogen-bond acceptors (Lipinski definition) is 2. The SMILES string of the molecule is C[C@@H](C=C/C=C/N(C)C)c1ccncc1. The fourth-order valence-corrected chi connectivity index (χ4v) is 1.23. The molecule has 0 fully saturated rings. The standard InChI is InChI=1S/C13H18N2/c1-12(6-4-5-11-15(2)3)13-7-9-14-10-8-13/h4-12H,1-3H3/b6-4?,11-5+/t12-/m0/s1. The van der Waals surface area contributed by atoms with Crippen LogP contribution in [0.1, 0.15) is 18.4 Å². The maximum absolute atomic E-state index is 4.00. The van der Waals surface area contributed by atoms with E-state index in [0.29, 0.717) is 5.92 Å². The summed E-state index contributed by atoms with van der Waals surface area (Å²) in [5.41, 5.74) is 1.29. The molecule has 0 radical (unpaired) electrons. The molecule has 0 unspecified atom stereocenters. The second kappa shape index (κ2) is 6.02. The van der Waals surface area contributed by atoms with Crippen LogP contribution in [0.3, 0.4) is 0 Å². The van der Waals surface area contributed by atoms with Crippen LogP contribution < -0.4 is 0 Å². The van der Waals surface area contributed by atoms with Crippen LogP contribution in [0.15, 0.2) is 49.0 Å². The molecule has 0 aliphatic rings. The lowest BCUT2D eigenvalue weighted by Crippen LogP contribution is -1.99. The Labute approximate surface area is 92.0 Å². The number of allylic oxidation sites excluding steroid dienone is 3. The van der Waals surface area contributed by atoms with Crippen LogP contribution in [0.25, 0.3) is 0 Å². The van der Waals surface area contributed by atoms with Gasteiger partial charge in [0.05, 0.1) is 0 Å². The molecule has 2 nitrogen and oxygen atoms in total. The Hall–Kier alpha value is -1.57. The summed E-state index contributed by atoms with van der Waals surface area (Å²) in [4.78, 5) is 6.02. The third-order valence-electron chi connectivity index (χ3n) is 2.13. The normalized spacial score (nSPS) is 13.5. The minimum Gasteiger partial charge on any atom is -0.383 e. The lowest BCUT2D eigenvalue weighted by atomic mass is 10.0. The molecule has 0 aliphatic heterocycles. The number of aromatic nitrogens is 1. The molecule has 0 saturated heterocycles. The smallest absolute Gasteiger partial charge is 0.0270 e. The average Bonchev–Trinajstić information content (AvgIpc) is 2.25. The molecule has 1 heterocycles. The first-order valence-electron chi connectivity index (χ1n) is 5.11. The first kappa shape index (κ1) is 11.5. The van der Waals surface area contributed by atoms with Crippen molar-refractivity contribution in [3.05, 3.63) is 54.5 Å². The van der Waals surface area contributed by atoms with Crippen molar-refractivity contribution >= 4 is 0 Å². The van der Waals surface area contributed by atoms with E-state index in [9.17, 15) is 0 Å². The second-order valence-electron chi connectivity index (χ2n) is 3.76. The van der Waals surface area contributed by atoms with Crippen molar-refractivity contribution in [1.82, 2.24) is 9.88 Å². The van der Waals surface area contributed by atoms with Gasteiger partial charge in [0, 0.05) is 26.5 Å². The third kappa shape index (κ3) is 4.45. The number of hydrogen-bond donors (Lipinski definition) is 0. The summed E-state index contributed by atoms with van der Waals surface area (Å²) in [5.74, 6) is 0.430. The lowest BCUT2D eigenvalue weighted by Gasteiger charge is -2.05. The number of nitrogens with zero attached hydrogens (tertiary/aromatic N) is 2. The Kier molecular flexibility index (Phi) is 4.61. The van der Waals surface area contributed by atoms with Gasteiger partial charge in [0.25, 0.3) is 0 Å². The summed E-state index contributed by atoms with van der Waals surface area (Å²) in [6, 6.07) is 4.09. The van der Waals surface area contributed by atoms with Crippen molar-refractivity contribution in [3.8, 4) is 0 Å². The van der Waals surface area contributed by atoms with E-state index in [-0.39, 0.29) is 0 Å². The number of rotatable bonds is 4. The van der Waals surface area contributed by atoms with Gasteiger partial charge in [0.1, 0.15) is 0 Å². The molecule has 1 atom stereocenters. The zero-order chi connectivity index (χ0) is 11.1. The molecule has 0 bridgehead atoms. The predicted octanol–water partition coefficient (Wildman–Crippen LogP) is 2.82. The predicted molar refractivity (Wildman–Crippen MR) is 64.6 cm³/mol. The van der Waals surface area contributed by atoms with Gasteiger partial charge in [-0.05, 0) is 35.9 Å². The van der Waals surface area contributed by atoms with Crippen molar-refractivity contribution in [1.29, 1.82) is 0 Å². The van der Waals surface area contributed by atoms with E-state index in [2.05, 4.69) is 24.1 Å². The Balaban J connectivity index is 2.53. The molecule has 0 spiro atoms. The van der Waals surface area contributed by atoms with Crippen molar-refractivity contribution in [2.75, 3.05) is 14.1 Å². The minimum absolute atomic E-state index is 0.430. The van der Waals surface area contributed by atoms with E-state index in [4.69, 9.17) is 0 Å². The van der Waals surface area contributed by atoms with Gasteiger partial charge in [0.2, 0.25) is 0 Å². The summed E-state index contributed by atoms with van der Waals surface area (Å²) in [6.45, 7) is 2.18. The first-order chi connectivity index (χ1) is 7.20. The van der Waals surface area contributed by atoms with Gasteiger partial charge < -0.3 is 4.90 Å². The highest BCUT2D eigenvalue weighted by molar-refractivity contribution is 5.21. The van der Waals surface area contributed by atoms with Gasteiger partial charge in [0.15, 0.2) is 0 Å². The second-order valence-corrected chi connectivity index (χ2v) is 3.76. The van der Waals surface area contributed by atoms with E-state index in [1.54, 1.807) is 0 Å². The van der Waals surface area contributed by atoms with E-state index < -0.39 is 0 Å². The molecule has 0 amide bonds. The highest BCUT2D eigenvalue weighted by Gasteiger charge is 1.98. The van der Waals surface area contributed by atoms with Gasteiger partial charge in [-0.2, -0.15) is 0 Å². The number of pyridine rings is 1. The van der Waals surface area contributed by atoms with Crippen molar-refractivity contribution in [2.45, 2.75) is 12.8 Å². The third-order valence-corrected chi connectivity index (χ3v) is 2.13. The quantitative estimate of drug-likeness (QED) is 0.698. The van der Waals surface area contributed by atoms with Gasteiger partial charge in [-0.25, -0.2) is 0 Å². The van der Waals surface area contributed by atoms with Crippen LogP contribution in [0.5, 0.6) is 0 Å². The molecule has 1 aromatic rings. The van der Waals surface area contributed by atoms with Gasteiger partial charge in [-0.3, -0.25) is 4.98 Å². The maximum Gasteiger partial charge on any atom is 0.0270 e. The van der Waals surface area contributed by atoms with Gasteiger partial charge >= 0.3 is 0 Å². The van der Waals surface area contributed by atoms with Gasteiger partial charge in [-0.1, -0.05) is 19.1 Å². The fourth-order valence-electron chi connectivity index (χ4n) is 1.23. The Bertz CT molecular complexity index is 326. The van der Waals surface area contributed by atoms with Crippen LogP contribution in [0.4, 0.5) is 0 Å². The van der Waals surface area contributed by atoms with E-state index in [0.717, 1.165) is 0 Å². The summed E-state index contributed by atoms with van der Waals surface area (Å²) in [7, 11) is 4.02. The molecular formula is C13H18N2. The summed E-state index contributed by atoms with van der Waals surface area (Å²) < 4.78 is 0. The van der Waals surface area contributed by atoms with Crippen LogP contribution in [0.2, 0.25) is 0 Å². The monoisotopic (exact) mass is 202 g/mol. The van der Waals surface area contributed by atoms with E-state index >= 15 is 0 Å². The summed E-state index contributed by atoms with van der Waals surface area (Å²) in [6.07, 6.45) is 12.0. The highest BCUT2D eigenvalue weighted by atomic mass is 15.0. The summed E-state index contributed by atoms with van der Waals surface area (Å²) >= 11 is 0. The Morgan fingerprint density at radius 3 is 2.47 bits per heavy atom. The zero-order valence-electron chi connectivity index (χ0n) is 9.59. The molecule has 0 saturated carbocycles. The molecule has 1 rings (SSSR count). The fraction of sp³-hybridized carbons (Fsp3) is 0.308. The van der Waals surface area contributed by atoms with Crippen LogP contribution in [-0.2, 0) is 0 Å². The molecule has 15 heavy (non-hydrogen) atoms. The molecule has 0 aromatic carbocycles. The van der Waals surface area contributed by atoms with Crippen molar-refractivity contribution in [3.63, 3.8) is 0 Å². The lowest BCUT2D eigenvalue weighted by molar-refractivity contribution is 0.564. The first-order valence-corrected chi connectivity index (χ1v) is 5.11. The summed E-state index contributed by atoms with van der Waals surface area (Å²) in [5, 5.41) is 0. The van der Waals surface area contributed by atoms with Crippen LogP contribution >= 0.6 is 0 Å². The highest BCUT2D eigenvalue weighted by Crippen LogP contribution is 2.14. The van der Waals surface area contributed by atoms with Crippen molar-refractivity contribution < 1.29 is 0 Å². The zero-order valence-corrected chi connectivity index (χ0v) is 9.59. The topological polar surface area (TPSA) is 16.1 Å². The van der Waals surface area contributed by atoms with Crippen LogP contribution in [0, 0.1) is 0 Å². The largest absolute Gasteiger partial charge is 0.383 e. The minimum atomic E-state index is 0.430. The van der Waals surface area contributed by atoms with Crippen LogP contribution in [-0.4, -0.2) is 24.0 Å². The van der Waals surface area contributed by atoms with Gasteiger partial charge in [-0.15, -0.1) is 0 Å². The molecule has 80 valence electrons. The Morgan fingerprint density at radius 2 is 1.87 bits per heavy atom. The average molecular weight is 202 g/mol.